The maximum Gasteiger partial charge on any atom is 0.222 e. The van der Waals surface area contributed by atoms with Crippen LogP contribution in [0, 0.1) is 5.92 Å². The van der Waals surface area contributed by atoms with Crippen LogP contribution < -0.4 is 10.6 Å². The van der Waals surface area contributed by atoms with Crippen LogP contribution in [0.4, 0.5) is 0 Å². The molecule has 0 aromatic heterocycles. The molecule has 110 valence electrons. The summed E-state index contributed by atoms with van der Waals surface area (Å²) >= 11 is 0. The molecule has 4 heteroatoms. The number of benzene rings is 1. The average molecular weight is 276 g/mol. The second-order valence-electron chi connectivity index (χ2n) is 5.47. The normalized spacial score (nSPS) is 13.7. The van der Waals surface area contributed by atoms with E-state index in [-0.39, 0.29) is 30.3 Å². The van der Waals surface area contributed by atoms with Gasteiger partial charge in [-0.05, 0) is 18.4 Å². The topological polar surface area (TPSA) is 58.2 Å². The van der Waals surface area contributed by atoms with Crippen LogP contribution in [0.15, 0.2) is 30.3 Å². The summed E-state index contributed by atoms with van der Waals surface area (Å²) in [5, 5.41) is 5.79. The zero-order valence-corrected chi connectivity index (χ0v) is 12.6. The molecule has 0 aliphatic rings. The van der Waals surface area contributed by atoms with Crippen molar-refractivity contribution in [1.29, 1.82) is 0 Å². The minimum absolute atomic E-state index is 0.0474. The third kappa shape index (κ3) is 5.43. The Labute approximate surface area is 121 Å². The predicted molar refractivity (Wildman–Crippen MR) is 80.1 cm³/mol. The fraction of sp³-hybridized carbons (Fsp3) is 0.500. The molecule has 0 fully saturated rings. The minimum Gasteiger partial charge on any atom is -0.353 e. The Hall–Kier alpha value is -1.84. The van der Waals surface area contributed by atoms with Crippen molar-refractivity contribution in [1.82, 2.24) is 10.6 Å². The highest BCUT2D eigenvalue weighted by atomic mass is 16.2. The lowest BCUT2D eigenvalue weighted by Crippen LogP contribution is -2.39. The molecule has 1 aromatic carbocycles. The summed E-state index contributed by atoms with van der Waals surface area (Å²) in [7, 11) is 0. The molecule has 0 saturated carbocycles. The van der Waals surface area contributed by atoms with Crippen LogP contribution in [0.25, 0.3) is 0 Å². The summed E-state index contributed by atoms with van der Waals surface area (Å²) in [4.78, 5) is 23.4. The summed E-state index contributed by atoms with van der Waals surface area (Å²) in [6, 6.07) is 9.39. The standard InChI is InChI=1S/C16H24N2O2/c1-11(2)12(3)17-16(20)10-15(18-13(4)19)14-8-6-5-7-9-14/h5-9,11-12,15H,10H2,1-4H3,(H,17,20)(H,18,19). The van der Waals surface area contributed by atoms with Crippen LogP contribution >= 0.6 is 0 Å². The van der Waals surface area contributed by atoms with Crippen molar-refractivity contribution in [2.75, 3.05) is 0 Å². The lowest BCUT2D eigenvalue weighted by atomic mass is 10.0. The molecule has 2 amide bonds. The first-order valence-corrected chi connectivity index (χ1v) is 7.01. The smallest absolute Gasteiger partial charge is 0.222 e. The third-order valence-electron chi connectivity index (χ3n) is 3.36. The molecule has 0 bridgehead atoms. The summed E-state index contributed by atoms with van der Waals surface area (Å²) in [5.41, 5.74) is 0.940. The Morgan fingerprint density at radius 1 is 1.05 bits per heavy atom. The van der Waals surface area contributed by atoms with Crippen molar-refractivity contribution in [2.45, 2.75) is 46.2 Å². The van der Waals surface area contributed by atoms with E-state index in [1.807, 2.05) is 37.3 Å². The Morgan fingerprint density at radius 3 is 2.15 bits per heavy atom. The van der Waals surface area contributed by atoms with Gasteiger partial charge < -0.3 is 10.6 Å². The molecule has 2 unspecified atom stereocenters. The molecule has 0 radical (unpaired) electrons. The van der Waals surface area contributed by atoms with Crippen LogP contribution in [0.2, 0.25) is 0 Å². The summed E-state index contributed by atoms with van der Waals surface area (Å²) in [6.45, 7) is 7.57. The molecule has 4 nitrogen and oxygen atoms in total. The molecule has 1 rings (SSSR count). The highest BCUT2D eigenvalue weighted by Crippen LogP contribution is 2.16. The Bertz CT molecular complexity index is 443. The van der Waals surface area contributed by atoms with Crippen molar-refractivity contribution >= 4 is 11.8 Å². The van der Waals surface area contributed by atoms with E-state index in [9.17, 15) is 9.59 Å². The lowest BCUT2D eigenvalue weighted by molar-refractivity contribution is -0.123. The number of hydrogen-bond acceptors (Lipinski definition) is 2. The van der Waals surface area contributed by atoms with Gasteiger partial charge in [0.25, 0.3) is 0 Å². The maximum absolute atomic E-state index is 12.1. The van der Waals surface area contributed by atoms with Gasteiger partial charge >= 0.3 is 0 Å². The van der Waals surface area contributed by atoms with Gasteiger partial charge in [-0.15, -0.1) is 0 Å². The molecule has 0 saturated heterocycles. The molecule has 2 atom stereocenters. The number of carbonyl (C=O) groups is 2. The van der Waals surface area contributed by atoms with Gasteiger partial charge in [-0.2, -0.15) is 0 Å². The highest BCUT2D eigenvalue weighted by molar-refractivity contribution is 5.79. The van der Waals surface area contributed by atoms with Crippen molar-refractivity contribution < 1.29 is 9.59 Å². The van der Waals surface area contributed by atoms with Gasteiger partial charge in [0.15, 0.2) is 0 Å². The van der Waals surface area contributed by atoms with Gasteiger partial charge in [-0.25, -0.2) is 0 Å². The summed E-state index contributed by atoms with van der Waals surface area (Å²) in [5.74, 6) is 0.201. The first kappa shape index (κ1) is 16.2. The number of rotatable bonds is 6. The van der Waals surface area contributed by atoms with Crippen molar-refractivity contribution in [3.05, 3.63) is 35.9 Å². The fourth-order valence-corrected chi connectivity index (χ4v) is 1.85. The van der Waals surface area contributed by atoms with E-state index in [4.69, 9.17) is 0 Å². The van der Waals surface area contributed by atoms with Gasteiger partial charge in [0.2, 0.25) is 11.8 Å². The molecule has 20 heavy (non-hydrogen) atoms. The second-order valence-corrected chi connectivity index (χ2v) is 5.47. The lowest BCUT2D eigenvalue weighted by Gasteiger charge is -2.21. The SMILES string of the molecule is CC(=O)NC(CC(=O)NC(C)C(C)C)c1ccccc1. The molecule has 1 aromatic rings. The highest BCUT2D eigenvalue weighted by Gasteiger charge is 2.18. The van der Waals surface area contributed by atoms with Gasteiger partial charge in [0.1, 0.15) is 0 Å². The van der Waals surface area contributed by atoms with Crippen molar-refractivity contribution in [3.63, 3.8) is 0 Å². The monoisotopic (exact) mass is 276 g/mol. The number of amides is 2. The van der Waals surface area contributed by atoms with Gasteiger partial charge in [-0.3, -0.25) is 9.59 Å². The Morgan fingerprint density at radius 2 is 1.65 bits per heavy atom. The largest absolute Gasteiger partial charge is 0.353 e. The van der Waals surface area contributed by atoms with Crippen LogP contribution in [0.1, 0.15) is 45.7 Å². The minimum atomic E-state index is -0.284. The van der Waals surface area contributed by atoms with E-state index in [0.29, 0.717) is 5.92 Å². The predicted octanol–water partition coefficient (Wildman–Crippen LogP) is 2.41. The van der Waals surface area contributed by atoms with E-state index in [0.717, 1.165) is 5.56 Å². The van der Waals surface area contributed by atoms with Crippen LogP contribution in [0.3, 0.4) is 0 Å². The van der Waals surface area contributed by atoms with E-state index in [1.165, 1.54) is 6.92 Å². The maximum atomic E-state index is 12.1. The molecule has 2 N–H and O–H groups in total. The number of carbonyl (C=O) groups excluding carboxylic acids is 2. The van der Waals surface area contributed by atoms with Gasteiger partial charge in [0.05, 0.1) is 12.5 Å². The number of hydrogen-bond donors (Lipinski definition) is 2. The van der Waals surface area contributed by atoms with E-state index >= 15 is 0 Å². The van der Waals surface area contributed by atoms with Crippen LogP contribution in [0.5, 0.6) is 0 Å². The molecule has 0 aliphatic carbocycles. The van der Waals surface area contributed by atoms with E-state index in [2.05, 4.69) is 24.5 Å². The third-order valence-corrected chi connectivity index (χ3v) is 3.36. The van der Waals surface area contributed by atoms with Gasteiger partial charge in [-0.1, -0.05) is 44.2 Å². The van der Waals surface area contributed by atoms with E-state index in [1.54, 1.807) is 0 Å². The average Bonchev–Trinajstić information content (AvgIpc) is 2.38. The van der Waals surface area contributed by atoms with Crippen LogP contribution in [-0.2, 0) is 9.59 Å². The first-order chi connectivity index (χ1) is 9.40. The summed E-state index contributed by atoms with van der Waals surface area (Å²) < 4.78 is 0. The zero-order valence-electron chi connectivity index (χ0n) is 12.6. The first-order valence-electron chi connectivity index (χ1n) is 7.01. The molecular formula is C16H24N2O2. The molecule has 0 aliphatic heterocycles. The fourth-order valence-electron chi connectivity index (χ4n) is 1.85. The molecule has 0 heterocycles. The summed E-state index contributed by atoms with van der Waals surface area (Å²) in [6.07, 6.45) is 0.251. The van der Waals surface area contributed by atoms with Gasteiger partial charge in [0, 0.05) is 13.0 Å². The van der Waals surface area contributed by atoms with Crippen molar-refractivity contribution in [2.24, 2.45) is 5.92 Å². The second kappa shape index (κ2) is 7.68. The van der Waals surface area contributed by atoms with Crippen LogP contribution in [-0.4, -0.2) is 17.9 Å². The van der Waals surface area contributed by atoms with Crippen molar-refractivity contribution in [3.8, 4) is 0 Å². The Kier molecular flexibility index (Phi) is 6.22. The zero-order chi connectivity index (χ0) is 15.1. The number of nitrogens with one attached hydrogen (secondary N) is 2. The quantitative estimate of drug-likeness (QED) is 0.838. The molecular weight excluding hydrogens is 252 g/mol. The molecule has 0 spiro atoms. The van der Waals surface area contributed by atoms with E-state index < -0.39 is 0 Å². The Balaban J connectivity index is 2.71.